The van der Waals surface area contributed by atoms with Crippen LogP contribution >= 0.6 is 11.3 Å². The Morgan fingerprint density at radius 3 is 2.89 bits per heavy atom. The van der Waals surface area contributed by atoms with Gasteiger partial charge in [0.05, 0.1) is 4.88 Å². The number of fused-ring (bicyclic) bond motifs is 1. The van der Waals surface area contributed by atoms with Gasteiger partial charge >= 0.3 is 0 Å². The third-order valence-corrected chi connectivity index (χ3v) is 4.59. The van der Waals surface area contributed by atoms with Crippen molar-refractivity contribution >= 4 is 23.2 Å². The molecule has 27 heavy (non-hydrogen) atoms. The molecule has 1 aromatic carbocycles. The first-order valence-electron chi connectivity index (χ1n) is 8.04. The van der Waals surface area contributed by atoms with E-state index in [-0.39, 0.29) is 25.5 Å². The molecule has 2 amide bonds. The van der Waals surface area contributed by atoms with Gasteiger partial charge < -0.3 is 14.0 Å². The predicted molar refractivity (Wildman–Crippen MR) is 94.1 cm³/mol. The molecule has 0 bridgehead atoms. The Hall–Kier alpha value is -3.40. The van der Waals surface area contributed by atoms with Crippen LogP contribution in [0.2, 0.25) is 0 Å². The minimum absolute atomic E-state index is 0.0908. The van der Waals surface area contributed by atoms with Crippen molar-refractivity contribution in [1.29, 1.82) is 0 Å². The fourth-order valence-corrected chi connectivity index (χ4v) is 3.03. The SMILES string of the molecule is O=C(CCc1nc(-c2cccs2)no1)NNC(=O)c1ccc2c(c1)OCO2. The topological polar surface area (TPSA) is 116 Å². The van der Waals surface area contributed by atoms with E-state index in [9.17, 15) is 9.59 Å². The summed E-state index contributed by atoms with van der Waals surface area (Å²) in [6.45, 7) is 0.126. The summed E-state index contributed by atoms with van der Waals surface area (Å²) in [6, 6.07) is 8.55. The number of ether oxygens (including phenoxy) is 2. The summed E-state index contributed by atoms with van der Waals surface area (Å²) in [6.07, 6.45) is 0.359. The molecule has 9 nitrogen and oxygen atoms in total. The van der Waals surface area contributed by atoms with Gasteiger partial charge in [0.1, 0.15) is 0 Å². The lowest BCUT2D eigenvalue weighted by Gasteiger charge is -2.07. The number of thiophene rings is 1. The molecular formula is C17H14N4O5S. The van der Waals surface area contributed by atoms with Crippen LogP contribution in [0.3, 0.4) is 0 Å². The van der Waals surface area contributed by atoms with E-state index in [1.165, 1.54) is 11.3 Å². The van der Waals surface area contributed by atoms with Crippen molar-refractivity contribution in [1.82, 2.24) is 21.0 Å². The van der Waals surface area contributed by atoms with Gasteiger partial charge in [0.2, 0.25) is 24.4 Å². The molecule has 1 aliphatic heterocycles. The van der Waals surface area contributed by atoms with Crippen LogP contribution in [-0.2, 0) is 11.2 Å². The molecule has 0 unspecified atom stereocenters. The van der Waals surface area contributed by atoms with Gasteiger partial charge in [0.25, 0.3) is 5.91 Å². The summed E-state index contributed by atoms with van der Waals surface area (Å²) < 4.78 is 15.5. The van der Waals surface area contributed by atoms with Crippen LogP contribution < -0.4 is 20.3 Å². The van der Waals surface area contributed by atoms with Crippen LogP contribution in [0.5, 0.6) is 11.5 Å². The molecule has 0 saturated heterocycles. The Kier molecular flexibility index (Phi) is 4.71. The Bertz CT molecular complexity index is 970. The summed E-state index contributed by atoms with van der Waals surface area (Å²) in [5, 5.41) is 5.80. The smallest absolute Gasteiger partial charge is 0.269 e. The Balaban J connectivity index is 1.25. The van der Waals surface area contributed by atoms with Gasteiger partial charge in [0, 0.05) is 18.4 Å². The Labute approximate surface area is 157 Å². The van der Waals surface area contributed by atoms with Crippen LogP contribution in [0.25, 0.3) is 10.7 Å². The maximum atomic E-state index is 12.1. The maximum Gasteiger partial charge on any atom is 0.269 e. The van der Waals surface area contributed by atoms with Crippen LogP contribution in [-0.4, -0.2) is 28.7 Å². The van der Waals surface area contributed by atoms with E-state index < -0.39 is 5.91 Å². The molecule has 2 aromatic heterocycles. The van der Waals surface area contributed by atoms with E-state index in [4.69, 9.17) is 14.0 Å². The molecule has 138 valence electrons. The molecule has 10 heteroatoms. The number of hydrogen-bond acceptors (Lipinski definition) is 8. The second-order valence-electron chi connectivity index (χ2n) is 5.56. The van der Waals surface area contributed by atoms with Crippen LogP contribution in [0.15, 0.2) is 40.2 Å². The average molecular weight is 386 g/mol. The van der Waals surface area contributed by atoms with Gasteiger partial charge in [-0.25, -0.2) is 0 Å². The summed E-state index contributed by atoms with van der Waals surface area (Å²) in [5.74, 6) is 1.09. The summed E-state index contributed by atoms with van der Waals surface area (Å²) >= 11 is 1.50. The maximum absolute atomic E-state index is 12.1. The number of carbonyl (C=O) groups excluding carboxylic acids is 2. The van der Waals surface area contributed by atoms with E-state index in [1.807, 2.05) is 17.5 Å². The van der Waals surface area contributed by atoms with Crippen molar-refractivity contribution in [2.24, 2.45) is 0 Å². The second kappa shape index (κ2) is 7.46. The number of rotatable bonds is 5. The Morgan fingerprint density at radius 1 is 1.15 bits per heavy atom. The zero-order valence-corrected chi connectivity index (χ0v) is 14.7. The summed E-state index contributed by atoms with van der Waals surface area (Å²) in [5.41, 5.74) is 5.05. The number of nitrogens with zero attached hydrogens (tertiary/aromatic N) is 2. The largest absolute Gasteiger partial charge is 0.454 e. The molecule has 0 saturated carbocycles. The molecule has 2 N–H and O–H groups in total. The summed E-state index contributed by atoms with van der Waals surface area (Å²) in [7, 11) is 0. The molecule has 0 atom stereocenters. The predicted octanol–water partition coefficient (Wildman–Crippen LogP) is 1.92. The van der Waals surface area contributed by atoms with Crippen LogP contribution in [0.4, 0.5) is 0 Å². The van der Waals surface area contributed by atoms with Crippen molar-refractivity contribution in [2.45, 2.75) is 12.8 Å². The number of hydrogen-bond donors (Lipinski definition) is 2. The van der Waals surface area contributed by atoms with Gasteiger partial charge in [0.15, 0.2) is 11.5 Å². The highest BCUT2D eigenvalue weighted by Gasteiger charge is 2.17. The lowest BCUT2D eigenvalue weighted by atomic mass is 10.2. The first-order valence-corrected chi connectivity index (χ1v) is 8.92. The first-order chi connectivity index (χ1) is 13.2. The third-order valence-electron chi connectivity index (χ3n) is 3.73. The fraction of sp³-hybridized carbons (Fsp3) is 0.176. The zero-order chi connectivity index (χ0) is 18.6. The quantitative estimate of drug-likeness (QED) is 0.644. The molecule has 4 rings (SSSR count). The highest BCUT2D eigenvalue weighted by atomic mass is 32.1. The monoisotopic (exact) mass is 386 g/mol. The fourth-order valence-electron chi connectivity index (χ4n) is 2.38. The average Bonchev–Trinajstić information content (AvgIpc) is 3.44. The van der Waals surface area contributed by atoms with Crippen molar-refractivity contribution in [3.05, 3.63) is 47.2 Å². The zero-order valence-electron chi connectivity index (χ0n) is 13.9. The molecular weight excluding hydrogens is 372 g/mol. The lowest BCUT2D eigenvalue weighted by Crippen LogP contribution is -2.41. The van der Waals surface area contributed by atoms with Gasteiger partial charge in [-0.1, -0.05) is 11.2 Å². The van der Waals surface area contributed by atoms with Crippen molar-refractivity contribution in [3.8, 4) is 22.2 Å². The van der Waals surface area contributed by atoms with Crippen LogP contribution in [0.1, 0.15) is 22.7 Å². The molecule has 1 aliphatic rings. The second-order valence-corrected chi connectivity index (χ2v) is 6.51. The van der Waals surface area contributed by atoms with E-state index in [2.05, 4.69) is 21.0 Å². The lowest BCUT2D eigenvalue weighted by molar-refractivity contribution is -0.121. The standard InChI is InChI=1S/C17H14N4O5S/c22-14(5-6-15-18-16(21-26-15)13-2-1-7-27-13)19-20-17(23)10-3-4-11-12(8-10)25-9-24-11/h1-4,7-8H,5-6,9H2,(H,19,22)(H,20,23). The number of nitrogens with one attached hydrogen (secondary N) is 2. The number of carbonyl (C=O) groups is 2. The van der Waals surface area contributed by atoms with Crippen LogP contribution in [0, 0.1) is 0 Å². The van der Waals surface area contributed by atoms with Crippen molar-refractivity contribution in [2.75, 3.05) is 6.79 Å². The minimum Gasteiger partial charge on any atom is -0.454 e. The number of hydrazine groups is 1. The number of aryl methyl sites for hydroxylation is 1. The van der Waals surface area contributed by atoms with Gasteiger partial charge in [-0.3, -0.25) is 20.4 Å². The number of benzene rings is 1. The van der Waals surface area contributed by atoms with Gasteiger partial charge in [-0.05, 0) is 29.6 Å². The van der Waals surface area contributed by atoms with Gasteiger partial charge in [-0.2, -0.15) is 4.98 Å². The highest BCUT2D eigenvalue weighted by Crippen LogP contribution is 2.32. The number of amides is 2. The third kappa shape index (κ3) is 3.90. The van der Waals surface area contributed by atoms with Crippen molar-refractivity contribution < 1.29 is 23.6 Å². The summed E-state index contributed by atoms with van der Waals surface area (Å²) in [4.78, 5) is 29.1. The number of aromatic nitrogens is 2. The molecule has 0 aliphatic carbocycles. The molecule has 0 fully saturated rings. The molecule has 0 spiro atoms. The normalized spacial score (nSPS) is 12.0. The first kappa shape index (κ1) is 17.0. The molecule has 3 aromatic rings. The highest BCUT2D eigenvalue weighted by molar-refractivity contribution is 7.13. The van der Waals surface area contributed by atoms with E-state index in [0.29, 0.717) is 28.8 Å². The molecule has 0 radical (unpaired) electrons. The van der Waals surface area contributed by atoms with E-state index in [1.54, 1.807) is 18.2 Å². The minimum atomic E-state index is -0.459. The van der Waals surface area contributed by atoms with Gasteiger partial charge in [-0.15, -0.1) is 11.3 Å². The van der Waals surface area contributed by atoms with E-state index >= 15 is 0 Å². The van der Waals surface area contributed by atoms with E-state index in [0.717, 1.165) is 4.88 Å². The Morgan fingerprint density at radius 2 is 2.04 bits per heavy atom. The molecule has 3 heterocycles. The van der Waals surface area contributed by atoms with Crippen molar-refractivity contribution in [3.63, 3.8) is 0 Å².